The third-order valence-corrected chi connectivity index (χ3v) is 6.59. The van der Waals surface area contributed by atoms with E-state index < -0.39 is 0 Å². The van der Waals surface area contributed by atoms with Crippen molar-refractivity contribution in [3.63, 3.8) is 0 Å². The minimum atomic E-state index is -0.207. The first kappa shape index (κ1) is 29.4. The molecule has 0 heterocycles. The lowest BCUT2D eigenvalue weighted by molar-refractivity contribution is -0.109. The number of hydrogen-bond acceptors (Lipinski definition) is 2. The fraction of sp³-hybridized carbons (Fsp3) is 0.963. The van der Waals surface area contributed by atoms with Gasteiger partial charge in [0.2, 0.25) is 6.41 Å². The van der Waals surface area contributed by atoms with E-state index in [2.05, 4.69) is 19.2 Å². The average Bonchev–Trinajstić information content (AvgIpc) is 2.75. The van der Waals surface area contributed by atoms with Gasteiger partial charge in [0.15, 0.2) is 0 Å². The lowest BCUT2D eigenvalue weighted by Gasteiger charge is -2.29. The van der Waals surface area contributed by atoms with Crippen LogP contribution in [0.5, 0.6) is 0 Å². The summed E-state index contributed by atoms with van der Waals surface area (Å²) < 4.78 is 0. The van der Waals surface area contributed by atoms with E-state index in [0.29, 0.717) is 6.54 Å². The van der Waals surface area contributed by atoms with E-state index in [9.17, 15) is 4.79 Å². The topological polar surface area (TPSA) is 55.1 Å². The quantitative estimate of drug-likeness (QED) is 0.115. The van der Waals surface area contributed by atoms with Crippen molar-refractivity contribution in [2.45, 2.75) is 161 Å². The first-order chi connectivity index (χ1) is 14.7. The monoisotopic (exact) mass is 424 g/mol. The van der Waals surface area contributed by atoms with Crippen LogP contribution in [0.15, 0.2) is 0 Å². The van der Waals surface area contributed by atoms with Crippen LogP contribution in [0.2, 0.25) is 0 Å². The lowest BCUT2D eigenvalue weighted by atomic mass is 9.87. The Morgan fingerprint density at radius 3 is 1.17 bits per heavy atom. The van der Waals surface area contributed by atoms with Crippen LogP contribution < -0.4 is 11.1 Å². The predicted molar refractivity (Wildman–Crippen MR) is 134 cm³/mol. The Morgan fingerprint density at radius 1 is 0.567 bits per heavy atom. The zero-order valence-electron chi connectivity index (χ0n) is 20.8. The molecule has 30 heavy (non-hydrogen) atoms. The molecular weight excluding hydrogens is 368 g/mol. The van der Waals surface area contributed by atoms with Gasteiger partial charge in [0.1, 0.15) is 0 Å². The van der Waals surface area contributed by atoms with Gasteiger partial charge in [-0.15, -0.1) is 0 Å². The summed E-state index contributed by atoms with van der Waals surface area (Å²) in [7, 11) is 0. The van der Waals surface area contributed by atoms with Crippen LogP contribution in [-0.2, 0) is 4.79 Å². The molecule has 0 atom stereocenters. The Morgan fingerprint density at radius 2 is 0.867 bits per heavy atom. The van der Waals surface area contributed by atoms with Crippen molar-refractivity contribution in [1.29, 1.82) is 0 Å². The SMILES string of the molecule is CCCCCCCCCCCCC(N)(CCCCCCCCCCCC)CNC=O. The van der Waals surface area contributed by atoms with Crippen molar-refractivity contribution < 1.29 is 4.79 Å². The molecule has 0 aliphatic heterocycles. The Bertz CT molecular complexity index is 322. The van der Waals surface area contributed by atoms with Gasteiger partial charge in [-0.25, -0.2) is 0 Å². The molecule has 0 aromatic heterocycles. The van der Waals surface area contributed by atoms with Gasteiger partial charge in [-0.1, -0.05) is 142 Å². The van der Waals surface area contributed by atoms with Crippen molar-refractivity contribution >= 4 is 6.41 Å². The summed E-state index contributed by atoms with van der Waals surface area (Å²) in [6.45, 7) is 5.18. The second-order valence-electron chi connectivity index (χ2n) is 9.73. The molecule has 0 rings (SSSR count). The number of hydrogen-bond donors (Lipinski definition) is 2. The summed E-state index contributed by atoms with van der Waals surface area (Å²) in [6.07, 6.45) is 30.0. The van der Waals surface area contributed by atoms with Gasteiger partial charge >= 0.3 is 0 Å². The summed E-state index contributed by atoms with van der Waals surface area (Å²) in [5.41, 5.74) is 6.47. The Balaban J connectivity index is 3.73. The molecule has 0 aromatic rings. The van der Waals surface area contributed by atoms with Crippen molar-refractivity contribution in [3.05, 3.63) is 0 Å². The number of carbonyl (C=O) groups is 1. The Hall–Kier alpha value is -0.570. The molecule has 0 radical (unpaired) electrons. The van der Waals surface area contributed by atoms with Gasteiger partial charge in [0, 0.05) is 12.1 Å². The van der Waals surface area contributed by atoms with Crippen LogP contribution in [0.25, 0.3) is 0 Å². The van der Waals surface area contributed by atoms with E-state index >= 15 is 0 Å². The molecule has 0 saturated carbocycles. The van der Waals surface area contributed by atoms with Crippen molar-refractivity contribution in [3.8, 4) is 0 Å². The molecule has 1 amide bonds. The summed E-state index contributed by atoms with van der Waals surface area (Å²) >= 11 is 0. The van der Waals surface area contributed by atoms with Crippen LogP contribution >= 0.6 is 0 Å². The third-order valence-electron chi connectivity index (χ3n) is 6.59. The van der Waals surface area contributed by atoms with E-state index in [0.717, 1.165) is 19.3 Å². The highest BCUT2D eigenvalue weighted by Crippen LogP contribution is 2.21. The van der Waals surface area contributed by atoms with Crippen LogP contribution in [0, 0.1) is 0 Å². The molecule has 0 fully saturated rings. The molecule has 0 spiro atoms. The second-order valence-corrected chi connectivity index (χ2v) is 9.73. The van der Waals surface area contributed by atoms with Crippen LogP contribution in [0.4, 0.5) is 0 Å². The van der Waals surface area contributed by atoms with Gasteiger partial charge in [-0.3, -0.25) is 4.79 Å². The number of nitrogens with one attached hydrogen (secondary N) is 1. The van der Waals surface area contributed by atoms with E-state index in [4.69, 9.17) is 5.73 Å². The number of unbranched alkanes of at least 4 members (excludes halogenated alkanes) is 18. The highest BCUT2D eigenvalue weighted by Gasteiger charge is 2.23. The number of nitrogens with two attached hydrogens (primary N) is 1. The molecule has 0 bridgehead atoms. The minimum Gasteiger partial charge on any atom is -0.357 e. The fourth-order valence-electron chi connectivity index (χ4n) is 4.48. The van der Waals surface area contributed by atoms with Crippen LogP contribution in [0.1, 0.15) is 155 Å². The minimum absolute atomic E-state index is 0.207. The highest BCUT2D eigenvalue weighted by atomic mass is 16.1. The standard InChI is InChI=1S/C27H56N2O/c1-3-5-7-9-11-13-15-17-19-21-23-27(28,25-29-26-30)24-22-20-18-16-14-12-10-8-6-4-2/h26H,3-25,28H2,1-2H3,(H,29,30). The molecule has 0 aliphatic rings. The molecule has 0 unspecified atom stereocenters. The van der Waals surface area contributed by atoms with Gasteiger partial charge in [-0.2, -0.15) is 0 Å². The van der Waals surface area contributed by atoms with Crippen molar-refractivity contribution in [1.82, 2.24) is 5.32 Å². The largest absolute Gasteiger partial charge is 0.357 e. The van der Waals surface area contributed by atoms with Gasteiger partial charge in [0.05, 0.1) is 0 Å². The summed E-state index contributed by atoms with van der Waals surface area (Å²) in [4.78, 5) is 10.8. The normalized spacial score (nSPS) is 11.7. The first-order valence-electron chi connectivity index (χ1n) is 13.6. The zero-order chi connectivity index (χ0) is 22.2. The average molecular weight is 425 g/mol. The first-order valence-corrected chi connectivity index (χ1v) is 13.6. The maximum absolute atomic E-state index is 10.8. The highest BCUT2D eigenvalue weighted by molar-refractivity contribution is 5.46. The summed E-state index contributed by atoms with van der Waals surface area (Å²) in [5.74, 6) is 0. The van der Waals surface area contributed by atoms with Gasteiger partial charge in [0.25, 0.3) is 0 Å². The van der Waals surface area contributed by atoms with E-state index in [1.807, 2.05) is 0 Å². The Kier molecular flexibility index (Phi) is 22.7. The van der Waals surface area contributed by atoms with E-state index in [1.165, 1.54) is 128 Å². The summed E-state index contributed by atoms with van der Waals surface area (Å²) in [5, 5.41) is 2.85. The maximum Gasteiger partial charge on any atom is 0.207 e. The zero-order valence-corrected chi connectivity index (χ0v) is 20.8. The second kappa shape index (κ2) is 23.1. The van der Waals surface area contributed by atoms with Crippen molar-refractivity contribution in [2.24, 2.45) is 5.73 Å². The molecule has 3 N–H and O–H groups in total. The lowest BCUT2D eigenvalue weighted by Crippen LogP contribution is -2.48. The molecular formula is C27H56N2O. The molecule has 180 valence electrons. The fourth-order valence-corrected chi connectivity index (χ4v) is 4.48. The van der Waals surface area contributed by atoms with Crippen LogP contribution in [0.3, 0.4) is 0 Å². The molecule has 3 heteroatoms. The maximum atomic E-state index is 10.8. The van der Waals surface area contributed by atoms with Gasteiger partial charge < -0.3 is 11.1 Å². The third kappa shape index (κ3) is 20.7. The summed E-state index contributed by atoms with van der Waals surface area (Å²) in [6, 6.07) is 0. The molecule has 3 nitrogen and oxygen atoms in total. The number of rotatable bonds is 25. The predicted octanol–water partition coefficient (Wildman–Crippen LogP) is 8.05. The number of carbonyl (C=O) groups excluding carboxylic acids is 1. The Labute approximate surface area is 189 Å². The van der Waals surface area contributed by atoms with Crippen LogP contribution in [-0.4, -0.2) is 18.5 Å². The van der Waals surface area contributed by atoms with E-state index in [1.54, 1.807) is 0 Å². The molecule has 0 saturated heterocycles. The van der Waals surface area contributed by atoms with Crippen molar-refractivity contribution in [2.75, 3.05) is 6.54 Å². The van der Waals surface area contributed by atoms with E-state index in [-0.39, 0.29) is 5.54 Å². The molecule has 0 aliphatic carbocycles. The molecule has 0 aromatic carbocycles. The smallest absolute Gasteiger partial charge is 0.207 e. The van der Waals surface area contributed by atoms with Gasteiger partial charge in [-0.05, 0) is 12.8 Å². The number of amides is 1.